The molecular weight excluding hydrogens is 284 g/mol. The maximum absolute atomic E-state index is 2.52. The van der Waals surface area contributed by atoms with Crippen LogP contribution < -0.4 is 5.32 Å². The van der Waals surface area contributed by atoms with E-state index in [9.17, 15) is 0 Å². The predicted octanol–water partition coefficient (Wildman–Crippen LogP) is 3.63. The molecule has 4 heteroatoms. The van der Waals surface area contributed by atoms with Gasteiger partial charge in [0.05, 0.1) is 19.6 Å². The van der Waals surface area contributed by atoms with Crippen molar-refractivity contribution in [2.24, 2.45) is 0 Å². The Labute approximate surface area is 136 Å². The molecule has 0 heterocycles. The summed E-state index contributed by atoms with van der Waals surface area (Å²) in [6, 6.07) is 0. The van der Waals surface area contributed by atoms with Crippen LogP contribution in [-0.4, -0.2) is 46.7 Å². The topological polar surface area (TPSA) is 19.9 Å². The molecule has 122 valence electrons. The van der Waals surface area contributed by atoms with Gasteiger partial charge in [0.25, 0.3) is 0 Å². The molecule has 0 saturated heterocycles. The van der Waals surface area contributed by atoms with Crippen LogP contribution in [0.25, 0.3) is 0 Å². The number of nitrogens with zero attached hydrogens (tertiary/aromatic N) is 1. The fourth-order valence-corrected chi connectivity index (χ4v) is 3.85. The number of unbranched alkanes of at least 4 members (excludes halogenated alkanes) is 3. The highest BCUT2D eigenvalue weighted by Crippen LogP contribution is 2.24. The Balaban J connectivity index is 3.33. The molecule has 2 nitrogen and oxygen atoms in total. The lowest BCUT2D eigenvalue weighted by Gasteiger charge is -2.18. The van der Waals surface area contributed by atoms with Crippen molar-refractivity contribution < 1.29 is 5.32 Å². The lowest BCUT2D eigenvalue weighted by atomic mass is 10.2. The molecule has 0 atom stereocenters. The van der Waals surface area contributed by atoms with Gasteiger partial charge in [0.1, 0.15) is 0 Å². The van der Waals surface area contributed by atoms with Crippen molar-refractivity contribution in [3.63, 3.8) is 0 Å². The Bertz CT molecular complexity index is 205. The van der Waals surface area contributed by atoms with E-state index in [-0.39, 0.29) is 0 Å². The van der Waals surface area contributed by atoms with E-state index in [1.165, 1.54) is 63.4 Å². The molecular formula is C16H37N2S2+. The smallest absolute Gasteiger partial charge is 0.0894 e. The van der Waals surface area contributed by atoms with Gasteiger partial charge in [0.2, 0.25) is 0 Å². The summed E-state index contributed by atoms with van der Waals surface area (Å²) in [4.78, 5) is 0. The first-order chi connectivity index (χ1) is 9.49. The maximum Gasteiger partial charge on any atom is 0.0894 e. The van der Waals surface area contributed by atoms with E-state index in [4.69, 9.17) is 0 Å². The number of nitrogens with two attached hydrogens (primary N) is 1. The van der Waals surface area contributed by atoms with Crippen LogP contribution in [0.2, 0.25) is 0 Å². The zero-order valence-electron chi connectivity index (χ0n) is 14.4. The maximum atomic E-state index is 2.52. The Morgan fingerprint density at radius 3 is 2.15 bits per heavy atom. The highest BCUT2D eigenvalue weighted by Gasteiger charge is 2.09. The lowest BCUT2D eigenvalue weighted by molar-refractivity contribution is -0.650. The molecule has 0 fully saturated rings. The van der Waals surface area contributed by atoms with Gasteiger partial charge in [-0.1, -0.05) is 52.5 Å². The average molecular weight is 322 g/mol. The second-order valence-electron chi connectivity index (χ2n) is 6.22. The van der Waals surface area contributed by atoms with Crippen LogP contribution in [0.1, 0.15) is 60.3 Å². The minimum atomic E-state index is 0.437. The fraction of sp³-hybridized carbons (Fsp3) is 1.00. The minimum Gasteiger partial charge on any atom is -0.345 e. The van der Waals surface area contributed by atoms with Gasteiger partial charge in [-0.05, 0) is 25.5 Å². The molecule has 0 aromatic heterocycles. The summed E-state index contributed by atoms with van der Waals surface area (Å²) in [5, 5.41) is 2.39. The summed E-state index contributed by atoms with van der Waals surface area (Å²) in [6.07, 6.45) is 5.56. The van der Waals surface area contributed by atoms with Gasteiger partial charge in [0.15, 0.2) is 0 Å². The molecule has 0 aromatic rings. The third-order valence-electron chi connectivity index (χ3n) is 3.07. The zero-order chi connectivity index (χ0) is 15.3. The first-order valence-electron chi connectivity index (χ1n) is 8.33. The van der Waals surface area contributed by atoms with Crippen LogP contribution in [-0.2, 0) is 0 Å². The van der Waals surface area contributed by atoms with Crippen molar-refractivity contribution in [2.75, 3.05) is 37.7 Å². The van der Waals surface area contributed by atoms with E-state index in [0.717, 1.165) is 0 Å². The second-order valence-corrected chi connectivity index (χ2v) is 9.32. The van der Waals surface area contributed by atoms with Crippen molar-refractivity contribution in [3.05, 3.63) is 0 Å². The summed E-state index contributed by atoms with van der Waals surface area (Å²) < 4.78 is 2.95. The molecule has 0 rings (SSSR count). The summed E-state index contributed by atoms with van der Waals surface area (Å²) in [6.45, 7) is 16.2. The Hall–Kier alpha value is 0.620. The average Bonchev–Trinajstić information content (AvgIpc) is 2.38. The SMILES string of the molecule is CC[NH2+]CCN(CC)SCCCCCCSC(C)(C)C. The fourth-order valence-electron chi connectivity index (χ4n) is 1.88. The summed E-state index contributed by atoms with van der Waals surface area (Å²) in [5.41, 5.74) is 0. The molecule has 0 aliphatic rings. The number of likely N-dealkylation sites (N-methyl/N-ethyl adjacent to an activating group) is 2. The van der Waals surface area contributed by atoms with Crippen molar-refractivity contribution in [2.45, 2.75) is 65.0 Å². The Morgan fingerprint density at radius 2 is 1.60 bits per heavy atom. The lowest BCUT2D eigenvalue weighted by Crippen LogP contribution is -2.85. The monoisotopic (exact) mass is 321 g/mol. The number of thioether (sulfide) groups is 1. The summed E-state index contributed by atoms with van der Waals surface area (Å²) >= 11 is 4.15. The molecule has 0 bridgehead atoms. The van der Waals surface area contributed by atoms with E-state index in [1.807, 2.05) is 11.9 Å². The van der Waals surface area contributed by atoms with Crippen LogP contribution in [0.15, 0.2) is 0 Å². The molecule has 2 N–H and O–H groups in total. The molecule has 0 amide bonds. The van der Waals surface area contributed by atoms with Gasteiger partial charge in [-0.25, -0.2) is 4.31 Å². The Morgan fingerprint density at radius 1 is 0.950 bits per heavy atom. The largest absolute Gasteiger partial charge is 0.345 e. The summed E-state index contributed by atoms with van der Waals surface area (Å²) in [7, 11) is 0. The van der Waals surface area contributed by atoms with Crippen LogP contribution in [0.5, 0.6) is 0 Å². The highest BCUT2D eigenvalue weighted by atomic mass is 32.2. The van der Waals surface area contributed by atoms with E-state index in [2.05, 4.69) is 56.0 Å². The van der Waals surface area contributed by atoms with E-state index >= 15 is 0 Å². The molecule has 0 aliphatic heterocycles. The molecule has 20 heavy (non-hydrogen) atoms. The second kappa shape index (κ2) is 13.3. The van der Waals surface area contributed by atoms with Crippen LogP contribution >= 0.6 is 23.7 Å². The van der Waals surface area contributed by atoms with Crippen LogP contribution in [0.4, 0.5) is 0 Å². The van der Waals surface area contributed by atoms with Gasteiger partial charge < -0.3 is 5.32 Å². The Kier molecular flexibility index (Phi) is 13.7. The summed E-state index contributed by atoms with van der Waals surface area (Å²) in [5.74, 6) is 2.62. The first-order valence-corrected chi connectivity index (χ1v) is 10.3. The molecule has 0 unspecified atom stereocenters. The third-order valence-corrected chi connectivity index (χ3v) is 5.71. The van der Waals surface area contributed by atoms with E-state index in [1.54, 1.807) is 0 Å². The van der Waals surface area contributed by atoms with Gasteiger partial charge in [-0.3, -0.25) is 0 Å². The quantitative estimate of drug-likeness (QED) is 0.413. The molecule has 0 radical (unpaired) electrons. The van der Waals surface area contributed by atoms with Gasteiger partial charge in [-0.2, -0.15) is 11.8 Å². The van der Waals surface area contributed by atoms with Crippen LogP contribution in [0.3, 0.4) is 0 Å². The number of quaternary nitrogens is 1. The minimum absolute atomic E-state index is 0.437. The normalized spacial score (nSPS) is 12.3. The zero-order valence-corrected chi connectivity index (χ0v) is 16.0. The standard InChI is InChI=1S/C16H36N2S2/c1-6-17-12-13-18(7-2)20-15-11-9-8-10-14-19-16(3,4)5/h17H,6-15H2,1-5H3/p+1. The molecule has 0 saturated carbocycles. The van der Waals surface area contributed by atoms with Gasteiger partial charge >= 0.3 is 0 Å². The number of rotatable bonds is 13. The van der Waals surface area contributed by atoms with Crippen molar-refractivity contribution in [1.29, 1.82) is 0 Å². The molecule has 0 aliphatic carbocycles. The van der Waals surface area contributed by atoms with Gasteiger partial charge in [-0.15, -0.1) is 0 Å². The van der Waals surface area contributed by atoms with Gasteiger partial charge in [0, 0.05) is 17.0 Å². The van der Waals surface area contributed by atoms with Crippen molar-refractivity contribution >= 4 is 23.7 Å². The van der Waals surface area contributed by atoms with E-state index < -0.39 is 0 Å². The third kappa shape index (κ3) is 15.0. The predicted molar refractivity (Wildman–Crippen MR) is 97.7 cm³/mol. The van der Waals surface area contributed by atoms with Crippen LogP contribution in [0, 0.1) is 0 Å². The highest BCUT2D eigenvalue weighted by molar-refractivity contribution is 8.00. The molecule has 0 spiro atoms. The number of hydrogen-bond acceptors (Lipinski definition) is 3. The molecule has 0 aromatic carbocycles. The van der Waals surface area contributed by atoms with E-state index in [0.29, 0.717) is 4.75 Å². The number of hydrogen-bond donors (Lipinski definition) is 1. The van der Waals surface area contributed by atoms with Crippen molar-refractivity contribution in [1.82, 2.24) is 4.31 Å². The first kappa shape index (κ1) is 20.6. The van der Waals surface area contributed by atoms with Crippen molar-refractivity contribution in [3.8, 4) is 0 Å².